The molecule has 0 aliphatic heterocycles. The molecule has 11 heteroatoms. The van der Waals surface area contributed by atoms with Gasteiger partial charge in [-0.1, -0.05) is 16.8 Å². The van der Waals surface area contributed by atoms with E-state index < -0.39 is 40.2 Å². The lowest BCUT2D eigenvalue weighted by Crippen LogP contribution is -2.39. The van der Waals surface area contributed by atoms with Gasteiger partial charge in [0.2, 0.25) is 5.91 Å². The highest BCUT2D eigenvalue weighted by Crippen LogP contribution is 2.50. The largest absolute Gasteiger partial charge is 0.417 e. The molecule has 4 rings (SSSR count). The van der Waals surface area contributed by atoms with Crippen LogP contribution in [0.3, 0.4) is 0 Å². The van der Waals surface area contributed by atoms with Crippen LogP contribution in [-0.2, 0) is 11.0 Å². The third kappa shape index (κ3) is 3.27. The summed E-state index contributed by atoms with van der Waals surface area (Å²) in [6.07, 6.45) is -2.08. The van der Waals surface area contributed by atoms with Crippen LogP contribution in [0.15, 0.2) is 34.3 Å². The number of amides is 1. The minimum atomic E-state index is -4.60. The number of carbonyl (C=O) groups excluding carboxylic acids is 1. The zero-order chi connectivity index (χ0) is 20.9. The van der Waals surface area contributed by atoms with Gasteiger partial charge in [-0.25, -0.2) is 9.78 Å². The Morgan fingerprint density at radius 1 is 1.31 bits per heavy atom. The molecule has 1 aromatic carbocycles. The molecule has 2 aromatic rings. The Bertz CT molecular complexity index is 1080. The fourth-order valence-corrected chi connectivity index (χ4v) is 4.56. The monoisotopic (exact) mass is 426 g/mol. The summed E-state index contributed by atoms with van der Waals surface area (Å²) in [6, 6.07) is 2.98. The molecule has 0 radical (unpaired) electrons. The number of rotatable bonds is 2. The lowest BCUT2D eigenvalue weighted by molar-refractivity contribution is -0.137. The van der Waals surface area contributed by atoms with Gasteiger partial charge in [-0.15, -0.1) is 0 Å². The summed E-state index contributed by atoms with van der Waals surface area (Å²) in [5.74, 6) is -1.77. The minimum absolute atomic E-state index is 0.125. The molecule has 3 atom stereocenters. The third-order valence-corrected chi connectivity index (χ3v) is 5.77. The quantitative estimate of drug-likeness (QED) is 0.505. The number of H-pyrrole nitrogens is 1. The molecule has 2 aliphatic rings. The van der Waals surface area contributed by atoms with Gasteiger partial charge in [0.15, 0.2) is 0 Å². The highest BCUT2D eigenvalue weighted by Gasteiger charge is 2.50. The highest BCUT2D eigenvalue weighted by atomic mass is 35.5. The van der Waals surface area contributed by atoms with Gasteiger partial charge in [-0.2, -0.15) is 13.2 Å². The first-order valence-corrected chi connectivity index (χ1v) is 9.07. The summed E-state index contributed by atoms with van der Waals surface area (Å²) in [5.41, 5.74) is -0.308. The molecule has 1 aromatic heterocycles. The van der Waals surface area contributed by atoms with Gasteiger partial charge in [0.25, 0.3) is 0 Å². The zero-order valence-electron chi connectivity index (χ0n) is 14.6. The van der Waals surface area contributed by atoms with Crippen molar-refractivity contribution in [2.45, 2.75) is 24.9 Å². The molecule has 0 saturated heterocycles. The number of nitrogens with one attached hydrogen (secondary N) is 2. The van der Waals surface area contributed by atoms with Gasteiger partial charge in [0.05, 0.1) is 22.2 Å². The molecule has 2 bridgehead atoms. The van der Waals surface area contributed by atoms with Crippen molar-refractivity contribution < 1.29 is 23.2 Å². The number of fused-ring (bicyclic) bond motifs is 4. The average Bonchev–Trinajstić information content (AvgIpc) is 3.00. The fraction of sp³-hybridized carbons (Fsp3) is 0.333. The van der Waals surface area contributed by atoms with Crippen molar-refractivity contribution in [3.8, 4) is 0 Å². The van der Waals surface area contributed by atoms with Crippen LogP contribution in [0.1, 0.15) is 35.6 Å². The molecule has 152 valence electrons. The first kappa shape index (κ1) is 19.4. The number of alkyl halides is 3. The molecule has 1 heterocycles. The lowest BCUT2D eigenvalue weighted by atomic mass is 9.75. The molecule has 3 N–H and O–H groups in total. The number of halogens is 4. The smallest absolute Gasteiger partial charge is 0.411 e. The summed E-state index contributed by atoms with van der Waals surface area (Å²) in [7, 11) is 0. The van der Waals surface area contributed by atoms with Gasteiger partial charge in [0, 0.05) is 23.4 Å². The summed E-state index contributed by atoms with van der Waals surface area (Å²) < 4.78 is 38.6. The maximum atomic E-state index is 13.0. The van der Waals surface area contributed by atoms with Crippen molar-refractivity contribution in [2.24, 2.45) is 17.0 Å². The topological polar surface area (TPSA) is 107 Å². The van der Waals surface area contributed by atoms with Gasteiger partial charge in [0.1, 0.15) is 5.71 Å². The van der Waals surface area contributed by atoms with Crippen molar-refractivity contribution >= 4 is 28.9 Å². The summed E-state index contributed by atoms with van der Waals surface area (Å²) >= 11 is 5.71. The van der Waals surface area contributed by atoms with Crippen molar-refractivity contribution in [3.63, 3.8) is 0 Å². The molecule has 29 heavy (non-hydrogen) atoms. The number of anilines is 1. The number of carbonyl (C=O) groups is 1. The molecule has 1 amide bonds. The second kappa shape index (κ2) is 6.87. The van der Waals surface area contributed by atoms with E-state index in [-0.39, 0.29) is 17.3 Å². The predicted molar refractivity (Wildman–Crippen MR) is 97.2 cm³/mol. The van der Waals surface area contributed by atoms with Gasteiger partial charge >= 0.3 is 11.9 Å². The Hall–Kier alpha value is -2.88. The molecule has 7 nitrogen and oxygen atoms in total. The number of aromatic amines is 1. The van der Waals surface area contributed by atoms with Gasteiger partial charge in [-0.3, -0.25) is 4.79 Å². The number of hydrogen-bond donors (Lipinski definition) is 3. The molecule has 1 unspecified atom stereocenters. The van der Waals surface area contributed by atoms with Crippen molar-refractivity contribution in [2.75, 3.05) is 5.32 Å². The van der Waals surface area contributed by atoms with E-state index in [1.54, 1.807) is 0 Å². The van der Waals surface area contributed by atoms with E-state index in [4.69, 9.17) is 11.6 Å². The Morgan fingerprint density at radius 2 is 2.03 bits per heavy atom. The maximum absolute atomic E-state index is 13.0. The molecule has 1 saturated carbocycles. The predicted octanol–water partition coefficient (Wildman–Crippen LogP) is 3.38. The molecular weight excluding hydrogens is 413 g/mol. The van der Waals surface area contributed by atoms with Crippen LogP contribution >= 0.6 is 11.6 Å². The van der Waals surface area contributed by atoms with E-state index >= 15 is 0 Å². The van der Waals surface area contributed by atoms with E-state index in [2.05, 4.69) is 20.4 Å². The Kier molecular flexibility index (Phi) is 4.60. The first-order valence-electron chi connectivity index (χ1n) is 8.70. The maximum Gasteiger partial charge on any atom is 0.417 e. The molecule has 1 fully saturated rings. The Balaban J connectivity index is 1.64. The molecule has 0 spiro atoms. The fourth-order valence-electron chi connectivity index (χ4n) is 4.27. The number of nitrogens with zero attached hydrogens (tertiary/aromatic N) is 2. The van der Waals surface area contributed by atoms with Crippen LogP contribution in [-0.4, -0.2) is 26.8 Å². The van der Waals surface area contributed by atoms with Crippen LogP contribution in [0.2, 0.25) is 5.02 Å². The van der Waals surface area contributed by atoms with Crippen molar-refractivity contribution in [1.82, 2.24) is 9.97 Å². The third-order valence-electron chi connectivity index (χ3n) is 5.46. The number of aromatic nitrogens is 2. The summed E-state index contributed by atoms with van der Waals surface area (Å²) in [5, 5.41) is 14.8. The van der Waals surface area contributed by atoms with Crippen molar-refractivity contribution in [1.29, 1.82) is 0 Å². The standard InChI is InChI=1S/C18H14ClF3N4O3/c19-12-5-7(1-4-11(12)18(20,21)22)24-16(27)13-8-2-3-9(13)15(26-29)14-10(8)6-23-17(28)25-14/h1,4-6,8-9,13,29H,2-3H2,(H,24,27)(H,23,25,28)/b26-15+/t8-,9-,13?/m1/s1. The lowest BCUT2D eigenvalue weighted by Gasteiger charge is -2.30. The number of benzene rings is 1. The van der Waals surface area contributed by atoms with Gasteiger partial charge in [-0.05, 0) is 37.0 Å². The summed E-state index contributed by atoms with van der Waals surface area (Å²) in [6.45, 7) is 0. The number of oxime groups is 1. The van der Waals surface area contributed by atoms with E-state index in [1.165, 1.54) is 6.20 Å². The van der Waals surface area contributed by atoms with Gasteiger partial charge < -0.3 is 15.5 Å². The van der Waals surface area contributed by atoms with Crippen LogP contribution in [0, 0.1) is 11.8 Å². The Labute approximate surface area is 166 Å². The van der Waals surface area contributed by atoms with Crippen molar-refractivity contribution in [3.05, 3.63) is 56.7 Å². The Morgan fingerprint density at radius 3 is 2.69 bits per heavy atom. The van der Waals surface area contributed by atoms with Crippen LogP contribution in [0.4, 0.5) is 18.9 Å². The van der Waals surface area contributed by atoms with E-state index in [1.807, 2.05) is 0 Å². The summed E-state index contributed by atoms with van der Waals surface area (Å²) in [4.78, 5) is 30.8. The van der Waals surface area contributed by atoms with E-state index in [0.29, 0.717) is 24.1 Å². The highest BCUT2D eigenvalue weighted by molar-refractivity contribution is 6.31. The zero-order valence-corrected chi connectivity index (χ0v) is 15.4. The minimum Gasteiger partial charge on any atom is -0.411 e. The van der Waals surface area contributed by atoms with Crippen LogP contribution in [0.25, 0.3) is 0 Å². The second-order valence-electron chi connectivity index (χ2n) is 7.00. The van der Waals surface area contributed by atoms with Crippen LogP contribution < -0.4 is 11.0 Å². The SMILES string of the molecule is O=C(Nc1ccc(C(F)(F)F)c(Cl)c1)C1[C@@H]2CC[C@H]1/C(=N\O)c1[nH]c(=O)ncc12. The number of hydrogen-bond acceptors (Lipinski definition) is 5. The average molecular weight is 427 g/mol. The van der Waals surface area contributed by atoms with Crippen LogP contribution in [0.5, 0.6) is 0 Å². The second-order valence-corrected chi connectivity index (χ2v) is 7.41. The molecular formula is C18H14ClF3N4O3. The van der Waals surface area contributed by atoms with E-state index in [0.717, 1.165) is 18.2 Å². The first-order chi connectivity index (χ1) is 13.7. The normalized spacial score (nSPS) is 24.4. The molecule has 2 aliphatic carbocycles. The van der Waals surface area contributed by atoms with E-state index in [9.17, 15) is 28.0 Å².